The molecule has 4 atom stereocenters. The van der Waals surface area contributed by atoms with E-state index in [1.54, 1.807) is 97.9 Å². The van der Waals surface area contributed by atoms with Crippen molar-refractivity contribution in [1.82, 2.24) is 19.5 Å². The molecule has 1 aliphatic rings. The highest BCUT2D eigenvalue weighted by Crippen LogP contribution is 2.44. The fourth-order valence-corrected chi connectivity index (χ4v) is 5.26. The van der Waals surface area contributed by atoms with Crippen LogP contribution in [0.2, 0.25) is 0 Å². The van der Waals surface area contributed by atoms with Crippen LogP contribution in [0.25, 0.3) is 11.2 Å². The van der Waals surface area contributed by atoms with Crippen LogP contribution in [0.4, 0.5) is 5.82 Å². The molecule has 0 saturated carbocycles. The lowest BCUT2D eigenvalue weighted by Gasteiger charge is -2.33. The van der Waals surface area contributed by atoms with E-state index in [-0.39, 0.29) is 30.0 Å². The van der Waals surface area contributed by atoms with Crippen LogP contribution < -0.4 is 5.73 Å². The molecule has 1 saturated heterocycles. The molecule has 3 heterocycles. The van der Waals surface area contributed by atoms with Gasteiger partial charge >= 0.3 is 17.9 Å². The highest BCUT2D eigenvalue weighted by atomic mass is 16.7. The van der Waals surface area contributed by atoms with Crippen molar-refractivity contribution in [2.75, 3.05) is 12.3 Å². The minimum absolute atomic E-state index is 0.139. The number of hydrogen-bond donors (Lipinski definition) is 1. The number of esters is 3. The fraction of sp³-hybridized carbons (Fsp3) is 0.212. The van der Waals surface area contributed by atoms with E-state index < -0.39 is 41.9 Å². The summed E-state index contributed by atoms with van der Waals surface area (Å²) in [5, 5.41) is 0. The second-order valence-electron chi connectivity index (χ2n) is 10.4. The quantitative estimate of drug-likeness (QED) is 0.187. The van der Waals surface area contributed by atoms with E-state index in [4.69, 9.17) is 24.7 Å². The zero-order chi connectivity index (χ0) is 31.4. The maximum Gasteiger partial charge on any atom is 0.338 e. The van der Waals surface area contributed by atoms with Crippen LogP contribution in [0, 0.1) is 0 Å². The summed E-state index contributed by atoms with van der Waals surface area (Å²) in [5.41, 5.74) is 6.07. The zero-order valence-electron chi connectivity index (χ0n) is 24.2. The molecule has 0 radical (unpaired) electrons. The van der Waals surface area contributed by atoms with E-state index in [0.717, 1.165) is 0 Å². The number of imidazole rings is 1. The Morgan fingerprint density at radius 1 is 0.800 bits per heavy atom. The standard InChI is InChI=1S/C33H29N5O7/c1-2-33(18-42-30(39)21-12-6-3-7-13-21)26(44-32(41)23-16-10-5-11-17-23)25(43-31(40)22-14-8-4-9-15-22)29(45-33)38-20-37-24-27(34)35-19-36-28(24)38/h3-17,19-20,25-26,29H,2,18H2,1H3,(H2,34,35,36)/t25-,26+,29-,33-/m1/s1. The Morgan fingerprint density at radius 3 is 1.93 bits per heavy atom. The Hall–Kier alpha value is -5.62. The predicted octanol–water partition coefficient (Wildman–Crippen LogP) is 4.39. The molecule has 0 spiro atoms. The number of fused-ring (bicyclic) bond motifs is 1. The van der Waals surface area contributed by atoms with Gasteiger partial charge in [0.25, 0.3) is 0 Å². The van der Waals surface area contributed by atoms with Crippen molar-refractivity contribution in [1.29, 1.82) is 0 Å². The van der Waals surface area contributed by atoms with Gasteiger partial charge in [0.1, 0.15) is 24.1 Å². The van der Waals surface area contributed by atoms with E-state index in [9.17, 15) is 14.4 Å². The second kappa shape index (κ2) is 12.5. The minimum Gasteiger partial charge on any atom is -0.459 e. The fourth-order valence-electron chi connectivity index (χ4n) is 5.26. The lowest BCUT2D eigenvalue weighted by atomic mass is 9.92. The molecule has 12 nitrogen and oxygen atoms in total. The van der Waals surface area contributed by atoms with E-state index in [1.165, 1.54) is 17.2 Å². The van der Waals surface area contributed by atoms with E-state index in [1.807, 2.05) is 0 Å². The Morgan fingerprint density at radius 2 is 1.36 bits per heavy atom. The van der Waals surface area contributed by atoms with Gasteiger partial charge in [-0.1, -0.05) is 61.5 Å². The Balaban J connectivity index is 1.44. The molecular formula is C33H29N5O7. The monoisotopic (exact) mass is 607 g/mol. The number of anilines is 1. The molecular weight excluding hydrogens is 578 g/mol. The zero-order valence-corrected chi connectivity index (χ0v) is 24.2. The summed E-state index contributed by atoms with van der Waals surface area (Å²) in [4.78, 5) is 52.8. The van der Waals surface area contributed by atoms with Gasteiger partial charge < -0.3 is 24.7 Å². The number of nitrogens with two attached hydrogens (primary N) is 1. The number of nitrogen functional groups attached to an aromatic ring is 1. The van der Waals surface area contributed by atoms with E-state index in [2.05, 4.69) is 15.0 Å². The number of aromatic nitrogens is 4. The molecule has 0 aliphatic carbocycles. The third-order valence-electron chi connectivity index (χ3n) is 7.67. The minimum atomic E-state index is -1.46. The summed E-state index contributed by atoms with van der Waals surface area (Å²) in [6.45, 7) is 1.47. The molecule has 1 aliphatic heterocycles. The predicted molar refractivity (Wildman–Crippen MR) is 161 cm³/mol. The Bertz CT molecular complexity index is 1820. The first-order chi connectivity index (χ1) is 21.9. The lowest BCUT2D eigenvalue weighted by Crippen LogP contribution is -2.50. The maximum absolute atomic E-state index is 13.5. The number of benzene rings is 3. The maximum atomic E-state index is 13.5. The largest absolute Gasteiger partial charge is 0.459 e. The SMILES string of the molecule is CC[C@]1(COC(=O)c2ccccc2)O[C@@H](n2cnc3c(N)ncnc32)[C@H](OC(=O)c2ccccc2)[C@@H]1OC(=O)c1ccccc1. The van der Waals surface area contributed by atoms with Gasteiger partial charge in [-0.2, -0.15) is 0 Å². The lowest BCUT2D eigenvalue weighted by molar-refractivity contribution is -0.133. The summed E-state index contributed by atoms with van der Waals surface area (Å²) >= 11 is 0. The molecule has 228 valence electrons. The summed E-state index contributed by atoms with van der Waals surface area (Å²) in [7, 11) is 0. The van der Waals surface area contributed by atoms with Crippen molar-refractivity contribution >= 4 is 34.9 Å². The molecule has 0 unspecified atom stereocenters. The first kappa shape index (κ1) is 29.5. The molecule has 12 heteroatoms. The number of nitrogens with zero attached hydrogens (tertiary/aromatic N) is 4. The van der Waals surface area contributed by atoms with Crippen LogP contribution in [-0.4, -0.2) is 61.8 Å². The van der Waals surface area contributed by atoms with Crippen LogP contribution in [0.1, 0.15) is 50.6 Å². The molecule has 5 aromatic rings. The number of hydrogen-bond acceptors (Lipinski definition) is 11. The highest BCUT2D eigenvalue weighted by Gasteiger charge is 2.60. The van der Waals surface area contributed by atoms with Crippen molar-refractivity contribution in [3.8, 4) is 0 Å². The van der Waals surface area contributed by atoms with Gasteiger partial charge in [-0.25, -0.2) is 29.3 Å². The first-order valence-electron chi connectivity index (χ1n) is 14.3. The summed E-state index contributed by atoms with van der Waals surface area (Å²) in [6, 6.07) is 25.2. The highest BCUT2D eigenvalue weighted by molar-refractivity contribution is 5.91. The average molecular weight is 608 g/mol. The third kappa shape index (κ3) is 5.83. The van der Waals surface area contributed by atoms with Crippen molar-refractivity contribution < 1.29 is 33.3 Å². The van der Waals surface area contributed by atoms with Gasteiger partial charge in [-0.05, 0) is 42.8 Å². The van der Waals surface area contributed by atoms with Gasteiger partial charge in [0.2, 0.25) is 0 Å². The topological polar surface area (TPSA) is 158 Å². The molecule has 2 aromatic heterocycles. The van der Waals surface area contributed by atoms with Crippen LogP contribution in [0.5, 0.6) is 0 Å². The van der Waals surface area contributed by atoms with Crippen molar-refractivity contribution in [3.05, 3.63) is 120 Å². The van der Waals surface area contributed by atoms with E-state index >= 15 is 0 Å². The Kier molecular flexibility index (Phi) is 8.21. The Labute approximate surface area is 257 Å². The van der Waals surface area contributed by atoms with Crippen LogP contribution >= 0.6 is 0 Å². The molecule has 0 bridgehead atoms. The number of ether oxygens (including phenoxy) is 4. The van der Waals surface area contributed by atoms with Crippen LogP contribution in [0.15, 0.2) is 104 Å². The number of carbonyl (C=O) groups excluding carboxylic acids is 3. The molecule has 6 rings (SSSR count). The van der Waals surface area contributed by atoms with Crippen LogP contribution in [-0.2, 0) is 18.9 Å². The van der Waals surface area contributed by atoms with Gasteiger partial charge in [0, 0.05) is 0 Å². The number of rotatable bonds is 9. The van der Waals surface area contributed by atoms with E-state index in [0.29, 0.717) is 16.7 Å². The van der Waals surface area contributed by atoms with Gasteiger partial charge in [-0.3, -0.25) is 4.57 Å². The van der Waals surface area contributed by atoms with Crippen molar-refractivity contribution in [2.24, 2.45) is 0 Å². The van der Waals surface area contributed by atoms with Crippen molar-refractivity contribution in [2.45, 2.75) is 37.4 Å². The number of carbonyl (C=O) groups is 3. The first-order valence-corrected chi connectivity index (χ1v) is 14.3. The second-order valence-corrected chi connectivity index (χ2v) is 10.4. The summed E-state index contributed by atoms with van der Waals surface area (Å²) in [6.07, 6.45) is -0.705. The molecule has 0 amide bonds. The average Bonchev–Trinajstić information content (AvgIpc) is 3.65. The molecule has 3 aromatic carbocycles. The van der Waals surface area contributed by atoms with Gasteiger partial charge in [0.15, 0.2) is 29.9 Å². The molecule has 45 heavy (non-hydrogen) atoms. The van der Waals surface area contributed by atoms with Gasteiger partial charge in [0.05, 0.1) is 23.0 Å². The normalized spacial score (nSPS) is 20.9. The summed E-state index contributed by atoms with van der Waals surface area (Å²) < 4.78 is 26.2. The molecule has 2 N–H and O–H groups in total. The van der Waals surface area contributed by atoms with Crippen LogP contribution in [0.3, 0.4) is 0 Å². The summed E-state index contributed by atoms with van der Waals surface area (Å²) in [5.74, 6) is -1.82. The molecule has 1 fully saturated rings. The van der Waals surface area contributed by atoms with Crippen molar-refractivity contribution in [3.63, 3.8) is 0 Å². The third-order valence-corrected chi connectivity index (χ3v) is 7.67. The van der Waals surface area contributed by atoms with Gasteiger partial charge in [-0.15, -0.1) is 0 Å². The smallest absolute Gasteiger partial charge is 0.338 e.